The van der Waals surface area contributed by atoms with Crippen molar-refractivity contribution in [2.24, 2.45) is 0 Å². The second kappa shape index (κ2) is 16.6. The molecule has 74 heavy (non-hydrogen) atoms. The first kappa shape index (κ1) is 46.5. The van der Waals surface area contributed by atoms with Crippen LogP contribution in [0.4, 0.5) is 13.2 Å². The molecular weight excluding hydrogens is 939 g/mol. The molecule has 14 rings (SSSR count). The van der Waals surface area contributed by atoms with E-state index >= 15 is 13.2 Å². The molecule has 5 heterocycles. The van der Waals surface area contributed by atoms with Gasteiger partial charge in [0, 0.05) is 52.5 Å². The summed E-state index contributed by atoms with van der Waals surface area (Å²) in [6, 6.07) is 36.8. The summed E-state index contributed by atoms with van der Waals surface area (Å²) in [7, 11) is -1.36. The molecule has 0 saturated carbocycles. The summed E-state index contributed by atoms with van der Waals surface area (Å²) >= 11 is 0. The number of hydrogen-bond acceptors (Lipinski definition) is 1. The van der Waals surface area contributed by atoms with Gasteiger partial charge < -0.3 is 18.3 Å². The van der Waals surface area contributed by atoms with Gasteiger partial charge in [-0.1, -0.05) is 91.6 Å². The number of hydrogen-bond donors (Lipinski definition) is 0. The zero-order valence-corrected chi connectivity index (χ0v) is 44.1. The summed E-state index contributed by atoms with van der Waals surface area (Å²) in [6.45, 7) is 16.0. The van der Waals surface area contributed by atoms with Gasteiger partial charge in [-0.25, -0.2) is 4.39 Å². The van der Waals surface area contributed by atoms with Crippen molar-refractivity contribution in [2.75, 3.05) is 0 Å². The van der Waals surface area contributed by atoms with Crippen LogP contribution in [-0.2, 0) is 18.3 Å². The average Bonchev–Trinajstić information content (AvgIpc) is 4.12. The fourth-order valence-electron chi connectivity index (χ4n) is 13.1. The van der Waals surface area contributed by atoms with Gasteiger partial charge in [0.05, 0.1) is 56.0 Å². The molecule has 0 radical (unpaired) electrons. The lowest BCUT2D eigenvalue weighted by atomic mass is 9.90. The van der Waals surface area contributed by atoms with Gasteiger partial charge in [-0.05, 0) is 174 Å². The van der Waals surface area contributed by atoms with Crippen LogP contribution in [0.5, 0.6) is 0 Å². The Labute approximate surface area is 431 Å². The highest BCUT2D eigenvalue weighted by Gasteiger charge is 2.46. The molecule has 3 aliphatic carbocycles. The van der Waals surface area contributed by atoms with Crippen LogP contribution in [0.25, 0.3) is 95.5 Å². The minimum absolute atomic E-state index is 0.0641. The first-order valence-electron chi connectivity index (χ1n) is 26.2. The molecule has 10 aromatic rings. The Kier molecular flexibility index (Phi) is 10.4. The lowest BCUT2D eigenvalue weighted by molar-refractivity contribution is 0.131. The molecule has 0 N–H and O–H groups in total. The predicted molar refractivity (Wildman–Crippen MR) is 304 cm³/mol. The lowest BCUT2D eigenvalue weighted by Gasteiger charge is -2.31. The maximum atomic E-state index is 17.8. The van der Waals surface area contributed by atoms with Gasteiger partial charge >= 0.3 is 0 Å². The quantitative estimate of drug-likeness (QED) is 0.159. The predicted octanol–water partition coefficient (Wildman–Crippen LogP) is 18.0. The van der Waals surface area contributed by atoms with Gasteiger partial charge in [0.2, 0.25) is 0 Å². The molecule has 6 bridgehead atoms. The van der Waals surface area contributed by atoms with Crippen molar-refractivity contribution < 1.29 is 13.2 Å². The van der Waals surface area contributed by atoms with E-state index in [2.05, 4.69) is 162 Å². The smallest absolute Gasteiger partial charge is 0.286 e. The van der Waals surface area contributed by atoms with Gasteiger partial charge in [-0.15, -0.1) is 0 Å². The van der Waals surface area contributed by atoms with Crippen LogP contribution in [0.2, 0.25) is 0 Å². The third-order valence-electron chi connectivity index (χ3n) is 16.3. The fraction of sp³-hybridized carbons (Fsp3) is 0.246. The van der Waals surface area contributed by atoms with Crippen molar-refractivity contribution in [2.45, 2.75) is 104 Å². The highest BCUT2D eigenvalue weighted by atomic mass is 31.1. The van der Waals surface area contributed by atoms with Crippen LogP contribution in [0.3, 0.4) is 0 Å². The maximum Gasteiger partial charge on any atom is 0.286 e. The third kappa shape index (κ3) is 6.58. The Morgan fingerprint density at radius 1 is 0.568 bits per heavy atom. The molecule has 5 nitrogen and oxygen atoms in total. The number of halogens is 3. The Morgan fingerprint density at radius 2 is 1.09 bits per heavy atom. The summed E-state index contributed by atoms with van der Waals surface area (Å²) in [5.74, 6) is 0.0996. The van der Waals surface area contributed by atoms with Crippen LogP contribution in [0.15, 0.2) is 115 Å². The number of nitrogens with zero attached hydrogens (tertiary/aromatic N) is 5. The van der Waals surface area contributed by atoms with Crippen LogP contribution < -0.4 is 0 Å². The first-order chi connectivity index (χ1) is 35.7. The van der Waals surface area contributed by atoms with E-state index in [1.165, 1.54) is 6.92 Å². The molecule has 0 saturated heterocycles. The molecule has 1 aliphatic heterocycles. The molecular formula is C65H57F3N5P. The highest BCUT2D eigenvalue weighted by Crippen LogP contribution is 2.59. The molecule has 368 valence electrons. The van der Waals surface area contributed by atoms with Crippen molar-refractivity contribution in [1.82, 2.24) is 18.3 Å². The van der Waals surface area contributed by atoms with Crippen LogP contribution in [0, 0.1) is 39.0 Å². The summed E-state index contributed by atoms with van der Waals surface area (Å²) in [6.07, 6.45) is 13.3. The molecule has 0 spiro atoms. The summed E-state index contributed by atoms with van der Waals surface area (Å²) < 4.78 is 61.4. The molecule has 0 amide bonds. The number of aryl methyl sites for hydroxylation is 4. The third-order valence-corrected chi connectivity index (χ3v) is 17.7. The van der Waals surface area contributed by atoms with Crippen molar-refractivity contribution in [3.8, 4) is 28.8 Å². The van der Waals surface area contributed by atoms with Gasteiger partial charge in [0.25, 0.3) is 5.66 Å². The van der Waals surface area contributed by atoms with Crippen molar-refractivity contribution in [1.29, 1.82) is 5.26 Å². The van der Waals surface area contributed by atoms with E-state index in [-0.39, 0.29) is 23.5 Å². The van der Waals surface area contributed by atoms with E-state index in [1.807, 2.05) is 26.0 Å². The van der Waals surface area contributed by atoms with Crippen LogP contribution in [-0.4, -0.2) is 23.9 Å². The fourth-order valence-corrected chi connectivity index (χ4v) is 14.3. The normalized spacial score (nSPS) is 18.7. The van der Waals surface area contributed by atoms with Crippen LogP contribution >= 0.6 is 8.58 Å². The van der Waals surface area contributed by atoms with Gasteiger partial charge in [-0.2, -0.15) is 14.0 Å². The summed E-state index contributed by atoms with van der Waals surface area (Å²) in [5.41, 5.74) is 14.7. The Morgan fingerprint density at radius 3 is 1.65 bits per heavy atom. The minimum atomic E-state index is -3.43. The lowest BCUT2D eigenvalue weighted by Crippen LogP contribution is -2.23. The van der Waals surface area contributed by atoms with E-state index in [0.717, 1.165) is 124 Å². The monoisotopic (exact) mass is 995 g/mol. The number of nitriles is 1. The maximum absolute atomic E-state index is 17.8. The zero-order chi connectivity index (χ0) is 51.3. The molecule has 0 fully saturated rings. The molecule has 4 aliphatic rings. The summed E-state index contributed by atoms with van der Waals surface area (Å²) in [5, 5.41) is 15.4. The van der Waals surface area contributed by atoms with E-state index < -0.39 is 19.7 Å². The molecule has 9 heteroatoms. The molecule has 3 unspecified atom stereocenters. The van der Waals surface area contributed by atoms with Gasteiger partial charge in [-0.3, -0.25) is 0 Å². The van der Waals surface area contributed by atoms with E-state index in [9.17, 15) is 5.26 Å². The molecule has 3 atom stereocenters. The summed E-state index contributed by atoms with van der Waals surface area (Å²) in [4.78, 5) is 0. The van der Waals surface area contributed by atoms with Crippen molar-refractivity contribution in [3.05, 3.63) is 182 Å². The van der Waals surface area contributed by atoms with Crippen molar-refractivity contribution in [3.63, 3.8) is 0 Å². The zero-order valence-electron chi connectivity index (χ0n) is 43.1. The Balaban J connectivity index is 0.00000261. The molecule has 6 aromatic carbocycles. The number of fused-ring (bicyclic) bond motifs is 17. The van der Waals surface area contributed by atoms with Crippen LogP contribution in [0.1, 0.15) is 120 Å². The molecule has 4 aromatic heterocycles. The van der Waals surface area contributed by atoms with E-state index in [4.69, 9.17) is 0 Å². The number of allylic oxidation sites excluding steroid dienone is 3. The standard InChI is InChI=1S/C63H51F3N5P.C2H6/c1-34-14-22-50-44(26-34)45-27-35(2)15-23-51(45)70(50)60-48(33-67)61(71-52-24-16-36(3)28-46(52)47-29-37(4)17-25-53(47)71)58-32-57(60)68-49-12-8-7-11-41(49)42-20-19-40(31-55(42)68)63(65,66)72-62(6,64)39-18-21-43-56(30-39)69(58)54-13-9-10-38(5)59(43)54;1-2/h8-9,12-18,21-32,38,72H,7,10-11,19-20H2,1-6H3;1-2H3. The largest absolute Gasteiger partial charge is 0.308 e. The highest BCUT2D eigenvalue weighted by molar-refractivity contribution is 7.41. The van der Waals surface area contributed by atoms with Gasteiger partial charge in [0.1, 0.15) is 11.6 Å². The minimum Gasteiger partial charge on any atom is -0.308 e. The first-order valence-corrected chi connectivity index (χ1v) is 27.2. The average molecular weight is 996 g/mol. The number of alkyl halides is 3. The number of benzene rings is 6. The number of rotatable bonds is 2. The second-order valence-corrected chi connectivity index (χ2v) is 23.0. The van der Waals surface area contributed by atoms with E-state index in [0.29, 0.717) is 40.3 Å². The SMILES string of the molecule is CC.Cc1ccc2c(c1)c1cc(C)ccc1n2-c1c2cc(c(-n3c4ccc(C)cc4c4cc(C)ccc43)c1C#N)-n1c3c(c4ccc(cc41)C(C)(F)PC(F)(F)C1=Cc4c(c5c(n4-2)C=CCC5)CC1)C(C)CC=C3. The van der Waals surface area contributed by atoms with E-state index in [1.54, 1.807) is 12.1 Å². The Bertz CT molecular complexity index is 4130. The number of aromatic nitrogens is 4. The second-order valence-electron chi connectivity index (χ2n) is 21.1. The van der Waals surface area contributed by atoms with Gasteiger partial charge in [0.15, 0.2) is 5.41 Å². The van der Waals surface area contributed by atoms with Crippen molar-refractivity contribution >= 4 is 81.3 Å². The topological polar surface area (TPSA) is 43.5 Å². The Hall–Kier alpha value is -7.33.